The summed E-state index contributed by atoms with van der Waals surface area (Å²) in [4.78, 5) is 0. The molecule has 0 nitrogen and oxygen atoms in total. The zero-order valence-corrected chi connectivity index (χ0v) is 22.7. The summed E-state index contributed by atoms with van der Waals surface area (Å²) in [5, 5.41) is 4.85. The second-order valence-corrected chi connectivity index (χ2v) is 20.8. The van der Waals surface area contributed by atoms with Gasteiger partial charge in [-0.15, -0.1) is 0 Å². The van der Waals surface area contributed by atoms with E-state index in [2.05, 4.69) is 84.4 Å². The summed E-state index contributed by atoms with van der Waals surface area (Å²) >= 11 is 15.5. The van der Waals surface area contributed by atoms with E-state index in [4.69, 9.17) is 0 Å². The van der Waals surface area contributed by atoms with Crippen LogP contribution in [0.5, 0.6) is 0 Å². The molecule has 0 bridgehead atoms. The van der Waals surface area contributed by atoms with Gasteiger partial charge in [-0.1, -0.05) is 0 Å². The molecular weight excluding hydrogens is 542 g/mol. The van der Waals surface area contributed by atoms with Crippen molar-refractivity contribution in [3.8, 4) is 0 Å². The molecule has 3 rings (SSSR count). The molecule has 8 heteroatoms. The quantitative estimate of drug-likeness (QED) is 0.222. The average Bonchev–Trinajstić information content (AvgIpc) is 3.52. The fourth-order valence-electron chi connectivity index (χ4n) is 2.29. The molecule has 3 fully saturated rings. The minimum absolute atomic E-state index is 0.922. The topological polar surface area (TPSA) is 0 Å². The van der Waals surface area contributed by atoms with Crippen LogP contribution in [0.4, 0.5) is 0 Å². The van der Waals surface area contributed by atoms with E-state index in [1.54, 1.807) is 0 Å². The first-order chi connectivity index (χ1) is 11.8. The number of rotatable bonds is 12. The van der Waals surface area contributed by atoms with E-state index in [-0.39, 0.29) is 0 Å². The van der Waals surface area contributed by atoms with E-state index in [0.29, 0.717) is 0 Å². The zero-order valence-electron chi connectivity index (χ0n) is 14.4. The molecule has 0 aromatic carbocycles. The van der Waals surface area contributed by atoms with Gasteiger partial charge in [0.1, 0.15) is 0 Å². The van der Waals surface area contributed by atoms with Crippen LogP contribution >= 0.6 is 70.6 Å². The van der Waals surface area contributed by atoms with Crippen LogP contribution in [0.25, 0.3) is 0 Å². The van der Waals surface area contributed by atoms with Gasteiger partial charge in [0.15, 0.2) is 0 Å². The molecule has 6 atom stereocenters. The van der Waals surface area contributed by atoms with Crippen molar-refractivity contribution in [3.63, 3.8) is 0 Å². The summed E-state index contributed by atoms with van der Waals surface area (Å²) in [6.45, 7) is 4.66. The Bertz CT molecular complexity index is 332. The van der Waals surface area contributed by atoms with Crippen LogP contribution in [-0.4, -0.2) is 80.9 Å². The number of hydrogen-bond acceptors (Lipinski definition) is 6. The van der Waals surface area contributed by atoms with E-state index in [1.165, 1.54) is 46.5 Å². The molecule has 0 aliphatic carbocycles. The van der Waals surface area contributed by atoms with Gasteiger partial charge in [-0.05, 0) is 0 Å². The molecule has 0 N–H and O–H groups in total. The minimum atomic E-state index is 0.922. The van der Waals surface area contributed by atoms with E-state index in [1.807, 2.05) is 0 Å². The van der Waals surface area contributed by atoms with Crippen molar-refractivity contribution in [2.75, 3.05) is 23.0 Å². The number of hydrogen-bond donors (Lipinski definition) is 0. The molecule has 24 heavy (non-hydrogen) atoms. The van der Waals surface area contributed by atoms with Gasteiger partial charge >= 0.3 is 189 Å². The molecule has 3 saturated heterocycles. The van der Waals surface area contributed by atoms with Crippen molar-refractivity contribution in [2.24, 2.45) is 0 Å². The Morgan fingerprint density at radius 3 is 1.62 bits per heavy atom. The van der Waals surface area contributed by atoms with Gasteiger partial charge in [-0.25, -0.2) is 0 Å². The maximum atomic E-state index is 2.33. The normalized spacial score (nSPS) is 38.2. The van der Waals surface area contributed by atoms with Crippen LogP contribution in [-0.2, 0) is 0 Å². The van der Waals surface area contributed by atoms with Gasteiger partial charge in [0.05, 0.1) is 0 Å². The predicted molar refractivity (Wildman–Crippen MR) is 129 cm³/mol. The van der Waals surface area contributed by atoms with Gasteiger partial charge in [0.25, 0.3) is 0 Å². The maximum absolute atomic E-state index is 2.33. The first-order valence-electron chi connectivity index (χ1n) is 8.80. The van der Waals surface area contributed by atoms with Crippen molar-refractivity contribution < 1.29 is 0 Å². The molecule has 6 unspecified atom stereocenters. The first-order valence-corrected chi connectivity index (χ1v) is 19.3. The monoisotopic (exact) mass is 572 g/mol. The van der Waals surface area contributed by atoms with Crippen molar-refractivity contribution in [2.45, 2.75) is 65.3 Å². The van der Waals surface area contributed by atoms with E-state index < -0.39 is 0 Å². The third kappa shape index (κ3) is 7.87. The molecule has 0 saturated carbocycles. The Hall–Kier alpha value is 3.14. The van der Waals surface area contributed by atoms with E-state index in [9.17, 15) is 0 Å². The molecule has 0 aromatic rings. The molecule has 3 heterocycles. The SMILES string of the molecule is CCC[Se]C1SC1SCC1CSC(CSC2SC2[Se]CCC)CS1. The Morgan fingerprint density at radius 2 is 1.25 bits per heavy atom. The zero-order chi connectivity index (χ0) is 16.8. The standard InChI is InChI=1S/C16H28S6Se2/c1-3-5-23-15-13(21-15)19-9-11-7-18-12(8-17-11)10-20-14-16(22-14)24-6-4-2/h11-16H,3-10H2,1-2H3. The molecule has 3 aliphatic heterocycles. The summed E-state index contributed by atoms with van der Waals surface area (Å²) in [5.74, 6) is 5.64. The van der Waals surface area contributed by atoms with Gasteiger partial charge in [-0.3, -0.25) is 0 Å². The first kappa shape index (κ1) is 21.8. The van der Waals surface area contributed by atoms with Crippen LogP contribution in [0.15, 0.2) is 0 Å². The van der Waals surface area contributed by atoms with Crippen molar-refractivity contribution >= 4 is 100 Å². The predicted octanol–water partition coefficient (Wildman–Crippen LogP) is 5.53. The number of thioether (sulfide) groups is 6. The van der Waals surface area contributed by atoms with Gasteiger partial charge in [0, 0.05) is 0 Å². The molecule has 0 radical (unpaired) electrons. The average molecular weight is 571 g/mol. The summed E-state index contributed by atoms with van der Waals surface area (Å²) in [6.07, 6.45) is 2.78. The second-order valence-electron chi connectivity index (χ2n) is 6.06. The van der Waals surface area contributed by atoms with Gasteiger partial charge in [-0.2, -0.15) is 0 Å². The Morgan fingerprint density at radius 1 is 0.792 bits per heavy atom. The van der Waals surface area contributed by atoms with Crippen LogP contribution < -0.4 is 0 Å². The third-order valence-corrected chi connectivity index (χ3v) is 22.7. The Labute approximate surface area is 186 Å². The van der Waals surface area contributed by atoms with Crippen molar-refractivity contribution in [3.05, 3.63) is 0 Å². The summed E-state index contributed by atoms with van der Waals surface area (Å²) < 4.78 is 4.07. The van der Waals surface area contributed by atoms with Gasteiger partial charge < -0.3 is 0 Å². The molecule has 0 aromatic heterocycles. The molecule has 3 aliphatic rings. The van der Waals surface area contributed by atoms with Gasteiger partial charge in [0.2, 0.25) is 0 Å². The summed E-state index contributed by atoms with van der Waals surface area (Å²) in [6, 6.07) is 0. The molecule has 0 spiro atoms. The Balaban J connectivity index is 1.19. The molecule has 140 valence electrons. The second kappa shape index (κ2) is 12.0. The van der Waals surface area contributed by atoms with Crippen LogP contribution in [0.3, 0.4) is 0 Å². The van der Waals surface area contributed by atoms with E-state index >= 15 is 0 Å². The van der Waals surface area contributed by atoms with Crippen molar-refractivity contribution in [1.29, 1.82) is 0 Å². The molecule has 0 amide bonds. The third-order valence-electron chi connectivity index (χ3n) is 3.73. The van der Waals surface area contributed by atoms with Crippen LogP contribution in [0.2, 0.25) is 10.6 Å². The fraction of sp³-hybridized carbons (Fsp3) is 1.00. The van der Waals surface area contributed by atoms with E-state index in [0.717, 1.165) is 57.9 Å². The van der Waals surface area contributed by atoms with Crippen LogP contribution in [0, 0.1) is 0 Å². The summed E-state index contributed by atoms with van der Waals surface area (Å²) in [5.41, 5.74) is 0. The summed E-state index contributed by atoms with van der Waals surface area (Å²) in [7, 11) is 0. The van der Waals surface area contributed by atoms with Crippen LogP contribution in [0.1, 0.15) is 26.7 Å². The Kier molecular flexibility index (Phi) is 10.9. The fourth-order valence-corrected chi connectivity index (χ4v) is 20.1. The van der Waals surface area contributed by atoms with Crippen molar-refractivity contribution in [1.82, 2.24) is 0 Å². The molecular formula is C16H28S6Se2.